The van der Waals surface area contributed by atoms with E-state index >= 15 is 0 Å². The highest BCUT2D eigenvalue weighted by atomic mass is 35.5. The van der Waals surface area contributed by atoms with Crippen molar-refractivity contribution in [1.29, 1.82) is 0 Å². The van der Waals surface area contributed by atoms with Gasteiger partial charge >= 0.3 is 0 Å². The molecule has 1 aromatic heterocycles. The monoisotopic (exact) mass is 421 g/mol. The van der Waals surface area contributed by atoms with Gasteiger partial charge in [-0.05, 0) is 61.1 Å². The number of hydrogen-bond acceptors (Lipinski definition) is 3. The lowest BCUT2D eigenvalue weighted by molar-refractivity contribution is -0.122. The number of halogens is 1. The van der Waals surface area contributed by atoms with Crippen LogP contribution in [0.4, 0.5) is 5.69 Å². The summed E-state index contributed by atoms with van der Waals surface area (Å²) in [6, 6.07) is 18.4. The van der Waals surface area contributed by atoms with Crippen LogP contribution in [0.2, 0.25) is 5.02 Å². The lowest BCUT2D eigenvalue weighted by Crippen LogP contribution is -2.54. The quantitative estimate of drug-likeness (QED) is 0.390. The van der Waals surface area contributed by atoms with Crippen LogP contribution in [0.1, 0.15) is 11.3 Å². The van der Waals surface area contributed by atoms with Crippen molar-refractivity contribution < 1.29 is 9.59 Å². The van der Waals surface area contributed by atoms with Crippen molar-refractivity contribution in [2.75, 3.05) is 4.90 Å². The van der Waals surface area contributed by atoms with Crippen LogP contribution in [0.3, 0.4) is 0 Å². The highest BCUT2D eigenvalue weighted by Gasteiger charge is 2.35. The minimum atomic E-state index is -0.541. The van der Waals surface area contributed by atoms with Crippen LogP contribution in [0.5, 0.6) is 0 Å². The van der Waals surface area contributed by atoms with E-state index in [1.54, 1.807) is 30.3 Å². The Morgan fingerprint density at radius 3 is 2.38 bits per heavy atom. The fraction of sp³-hybridized carbons (Fsp3) is 0.0455. The number of hydrogen-bond donors (Lipinski definition) is 1. The molecule has 0 aliphatic carbocycles. The summed E-state index contributed by atoms with van der Waals surface area (Å²) < 4.78 is 1.93. The highest BCUT2D eigenvalue weighted by molar-refractivity contribution is 7.80. The molecular weight excluding hydrogens is 406 g/mol. The molecule has 0 saturated carbocycles. The maximum absolute atomic E-state index is 13.2. The molecule has 1 fully saturated rings. The summed E-state index contributed by atoms with van der Waals surface area (Å²) >= 11 is 11.5. The van der Waals surface area contributed by atoms with Gasteiger partial charge in [0.25, 0.3) is 11.8 Å². The number of aryl methyl sites for hydroxylation is 1. The van der Waals surface area contributed by atoms with Crippen LogP contribution < -0.4 is 10.2 Å². The average Bonchev–Trinajstić information content (AvgIpc) is 3.15. The third kappa shape index (κ3) is 3.48. The Morgan fingerprint density at radius 2 is 1.66 bits per heavy atom. The van der Waals surface area contributed by atoms with Crippen LogP contribution in [0, 0.1) is 6.92 Å². The number of amides is 2. The second-order valence-corrected chi connectivity index (χ2v) is 7.29. The zero-order valence-electron chi connectivity index (χ0n) is 15.4. The maximum Gasteiger partial charge on any atom is 0.270 e. The van der Waals surface area contributed by atoms with Crippen LogP contribution >= 0.6 is 23.8 Å². The molecule has 1 aliphatic heterocycles. The van der Waals surface area contributed by atoms with E-state index in [9.17, 15) is 9.59 Å². The summed E-state index contributed by atoms with van der Waals surface area (Å²) in [5.41, 5.74) is 3.13. The topological polar surface area (TPSA) is 54.3 Å². The van der Waals surface area contributed by atoms with Crippen molar-refractivity contribution in [3.8, 4) is 5.69 Å². The Labute approximate surface area is 178 Å². The first-order valence-corrected chi connectivity index (χ1v) is 9.65. The molecule has 1 aliphatic rings. The number of para-hydroxylation sites is 2. The van der Waals surface area contributed by atoms with Gasteiger partial charge in [0, 0.05) is 17.6 Å². The SMILES string of the molecule is Cc1ccccc1-n1cccc1/C=C1\C(=O)NC(=S)N(c2ccccc2Cl)C1=O. The van der Waals surface area contributed by atoms with E-state index in [0.29, 0.717) is 16.4 Å². The highest BCUT2D eigenvalue weighted by Crippen LogP contribution is 2.29. The molecule has 1 saturated heterocycles. The number of aromatic nitrogens is 1. The Hall–Kier alpha value is -3.22. The van der Waals surface area contributed by atoms with Crippen molar-refractivity contribution in [2.45, 2.75) is 6.92 Å². The van der Waals surface area contributed by atoms with Crippen LogP contribution in [0.15, 0.2) is 72.4 Å². The lowest BCUT2D eigenvalue weighted by atomic mass is 10.1. The van der Waals surface area contributed by atoms with E-state index in [1.807, 2.05) is 54.1 Å². The maximum atomic E-state index is 13.2. The third-order valence-corrected chi connectivity index (χ3v) is 5.25. The van der Waals surface area contributed by atoms with Gasteiger partial charge in [0.15, 0.2) is 5.11 Å². The molecule has 1 N–H and O–H groups in total. The minimum Gasteiger partial charge on any atom is -0.317 e. The lowest BCUT2D eigenvalue weighted by Gasteiger charge is -2.29. The number of rotatable bonds is 3. The summed E-state index contributed by atoms with van der Waals surface area (Å²) in [5, 5.41) is 2.94. The smallest absolute Gasteiger partial charge is 0.270 e. The van der Waals surface area contributed by atoms with E-state index in [2.05, 4.69) is 5.32 Å². The molecule has 29 heavy (non-hydrogen) atoms. The van der Waals surface area contributed by atoms with E-state index in [4.69, 9.17) is 23.8 Å². The Morgan fingerprint density at radius 1 is 0.966 bits per heavy atom. The first-order chi connectivity index (χ1) is 14.0. The molecule has 4 rings (SSSR count). The summed E-state index contributed by atoms with van der Waals surface area (Å²) in [7, 11) is 0. The molecule has 0 atom stereocenters. The first kappa shape index (κ1) is 19.1. The number of thiocarbonyl (C=S) groups is 1. The van der Waals surface area contributed by atoms with Gasteiger partial charge in [0.2, 0.25) is 0 Å². The zero-order valence-corrected chi connectivity index (χ0v) is 17.0. The van der Waals surface area contributed by atoms with Crippen molar-refractivity contribution in [3.63, 3.8) is 0 Å². The molecule has 0 unspecified atom stereocenters. The fourth-order valence-electron chi connectivity index (χ4n) is 3.22. The van der Waals surface area contributed by atoms with Gasteiger partial charge in [-0.2, -0.15) is 0 Å². The molecule has 5 nitrogen and oxygen atoms in total. The Kier molecular flexibility index (Phi) is 5.05. The summed E-state index contributed by atoms with van der Waals surface area (Å²) in [6.45, 7) is 2.00. The molecular formula is C22H16ClN3O2S. The van der Waals surface area contributed by atoms with E-state index in [1.165, 1.54) is 4.90 Å². The normalized spacial score (nSPS) is 15.7. The van der Waals surface area contributed by atoms with Crippen molar-refractivity contribution in [1.82, 2.24) is 9.88 Å². The summed E-state index contributed by atoms with van der Waals surface area (Å²) in [4.78, 5) is 27.0. The predicted molar refractivity (Wildman–Crippen MR) is 118 cm³/mol. The zero-order chi connectivity index (χ0) is 20.5. The molecule has 0 radical (unpaired) electrons. The Bertz CT molecular complexity index is 1180. The molecule has 3 aromatic rings. The number of benzene rings is 2. The molecule has 2 heterocycles. The van der Waals surface area contributed by atoms with Crippen LogP contribution in [-0.2, 0) is 9.59 Å². The number of carbonyl (C=O) groups excluding carboxylic acids is 2. The van der Waals surface area contributed by atoms with Gasteiger partial charge in [0.1, 0.15) is 5.57 Å². The van der Waals surface area contributed by atoms with Gasteiger partial charge in [-0.1, -0.05) is 41.9 Å². The summed E-state index contributed by atoms with van der Waals surface area (Å²) in [5.74, 6) is -1.06. The van der Waals surface area contributed by atoms with E-state index in [-0.39, 0.29) is 10.7 Å². The number of anilines is 1. The van der Waals surface area contributed by atoms with Crippen LogP contribution in [-0.4, -0.2) is 21.5 Å². The Balaban J connectivity index is 1.79. The van der Waals surface area contributed by atoms with Gasteiger partial charge in [-0.15, -0.1) is 0 Å². The predicted octanol–water partition coefficient (Wildman–Crippen LogP) is 4.27. The number of nitrogens with zero attached hydrogens (tertiary/aromatic N) is 2. The second kappa shape index (κ2) is 7.66. The molecule has 0 bridgehead atoms. The van der Waals surface area contributed by atoms with Crippen molar-refractivity contribution in [2.24, 2.45) is 0 Å². The molecule has 0 spiro atoms. The second-order valence-electron chi connectivity index (χ2n) is 6.50. The largest absolute Gasteiger partial charge is 0.317 e. The minimum absolute atomic E-state index is 0.000429. The number of carbonyl (C=O) groups is 2. The molecule has 2 aromatic carbocycles. The third-order valence-electron chi connectivity index (χ3n) is 4.64. The van der Waals surface area contributed by atoms with Gasteiger partial charge in [-0.3, -0.25) is 19.8 Å². The number of nitrogens with one attached hydrogen (secondary N) is 1. The van der Waals surface area contributed by atoms with Crippen molar-refractivity contribution in [3.05, 3.63) is 88.7 Å². The average molecular weight is 422 g/mol. The summed E-state index contributed by atoms with van der Waals surface area (Å²) in [6.07, 6.45) is 3.45. The van der Waals surface area contributed by atoms with E-state index in [0.717, 1.165) is 11.3 Å². The molecule has 7 heteroatoms. The van der Waals surface area contributed by atoms with E-state index < -0.39 is 11.8 Å². The molecule has 2 amide bonds. The van der Waals surface area contributed by atoms with Gasteiger partial charge < -0.3 is 4.57 Å². The van der Waals surface area contributed by atoms with Gasteiger partial charge in [-0.25, -0.2) is 0 Å². The van der Waals surface area contributed by atoms with Crippen LogP contribution in [0.25, 0.3) is 11.8 Å². The first-order valence-electron chi connectivity index (χ1n) is 8.86. The fourth-order valence-corrected chi connectivity index (χ4v) is 3.72. The molecule has 144 valence electrons. The van der Waals surface area contributed by atoms with Gasteiger partial charge in [0.05, 0.1) is 10.7 Å². The standard InChI is InChI=1S/C22H16ClN3O2S/c1-14-7-2-4-10-18(14)25-12-6-8-15(25)13-16-20(27)24-22(29)26(21(16)28)19-11-5-3-9-17(19)23/h2-13H,1H3,(H,24,27,29)/b16-13+. The van der Waals surface area contributed by atoms with Crippen molar-refractivity contribution >= 4 is 52.5 Å².